The van der Waals surface area contributed by atoms with E-state index in [2.05, 4.69) is 20.1 Å². The van der Waals surface area contributed by atoms with Crippen molar-refractivity contribution < 1.29 is 4.74 Å². The van der Waals surface area contributed by atoms with Crippen molar-refractivity contribution in [1.82, 2.24) is 24.7 Å². The van der Waals surface area contributed by atoms with Gasteiger partial charge in [-0.25, -0.2) is 9.97 Å². The van der Waals surface area contributed by atoms with Gasteiger partial charge in [0.15, 0.2) is 5.16 Å². The van der Waals surface area contributed by atoms with E-state index in [1.807, 2.05) is 11.6 Å². The van der Waals surface area contributed by atoms with Gasteiger partial charge in [-0.15, -0.1) is 21.5 Å². The van der Waals surface area contributed by atoms with Gasteiger partial charge in [-0.1, -0.05) is 11.8 Å². The van der Waals surface area contributed by atoms with E-state index in [4.69, 9.17) is 15.5 Å². The lowest BCUT2D eigenvalue weighted by atomic mass is 9.97. The second-order valence-electron chi connectivity index (χ2n) is 7.15. The zero-order chi connectivity index (χ0) is 19.1. The normalized spacial score (nSPS) is 17.2. The van der Waals surface area contributed by atoms with Gasteiger partial charge in [0.25, 0.3) is 0 Å². The van der Waals surface area contributed by atoms with Crippen molar-refractivity contribution in [3.05, 3.63) is 16.3 Å². The molecule has 0 radical (unpaired) electrons. The SMILES string of the molecule is Cn1c(SCc2nc(N)c3c4c(sc3n2)CCCC4)nnc1N1CCOCC1. The number of anilines is 2. The van der Waals surface area contributed by atoms with Gasteiger partial charge in [-0.2, -0.15) is 0 Å². The Morgan fingerprint density at radius 3 is 2.82 bits per heavy atom. The Morgan fingerprint density at radius 2 is 1.96 bits per heavy atom. The van der Waals surface area contributed by atoms with Crippen LogP contribution in [0.3, 0.4) is 0 Å². The first kappa shape index (κ1) is 18.1. The van der Waals surface area contributed by atoms with Gasteiger partial charge < -0.3 is 15.4 Å². The lowest BCUT2D eigenvalue weighted by molar-refractivity contribution is 0.121. The van der Waals surface area contributed by atoms with Gasteiger partial charge >= 0.3 is 0 Å². The molecule has 0 unspecified atom stereocenters. The minimum atomic E-state index is 0.618. The first-order valence-corrected chi connectivity index (χ1v) is 11.4. The molecule has 1 saturated heterocycles. The van der Waals surface area contributed by atoms with Crippen LogP contribution in [0.25, 0.3) is 10.2 Å². The highest BCUT2D eigenvalue weighted by Gasteiger charge is 2.21. The number of aryl methyl sites for hydroxylation is 2. The second-order valence-corrected chi connectivity index (χ2v) is 9.17. The molecule has 2 N–H and O–H groups in total. The van der Waals surface area contributed by atoms with E-state index in [1.165, 1.54) is 23.3 Å². The molecule has 1 fully saturated rings. The van der Waals surface area contributed by atoms with Gasteiger partial charge in [-0.3, -0.25) is 4.57 Å². The molecular weight excluding hydrogens is 394 g/mol. The van der Waals surface area contributed by atoms with Gasteiger partial charge in [0.05, 0.1) is 24.4 Å². The van der Waals surface area contributed by atoms with Crippen LogP contribution >= 0.6 is 23.1 Å². The monoisotopic (exact) mass is 417 g/mol. The number of nitrogens with two attached hydrogens (primary N) is 1. The zero-order valence-corrected chi connectivity index (χ0v) is 17.5. The van der Waals surface area contributed by atoms with Crippen LogP contribution in [0.15, 0.2) is 5.16 Å². The maximum Gasteiger partial charge on any atom is 0.227 e. The van der Waals surface area contributed by atoms with Crippen molar-refractivity contribution in [1.29, 1.82) is 0 Å². The number of thiophene rings is 1. The Bertz CT molecular complexity index is 1010. The third-order valence-corrected chi connectivity index (χ3v) is 7.53. The predicted octanol–water partition coefficient (Wildman–Crippen LogP) is 2.41. The summed E-state index contributed by atoms with van der Waals surface area (Å²) in [5.41, 5.74) is 7.70. The Hall–Kier alpha value is -1.91. The summed E-state index contributed by atoms with van der Waals surface area (Å²) in [6.07, 6.45) is 4.73. The van der Waals surface area contributed by atoms with Crippen molar-refractivity contribution in [3.63, 3.8) is 0 Å². The van der Waals surface area contributed by atoms with Crippen LogP contribution in [0.2, 0.25) is 0 Å². The molecule has 3 aromatic rings. The number of fused-ring (bicyclic) bond motifs is 3. The van der Waals surface area contributed by atoms with Crippen LogP contribution < -0.4 is 10.6 Å². The molecule has 2 aliphatic rings. The summed E-state index contributed by atoms with van der Waals surface area (Å²) in [5.74, 6) is 2.88. The number of rotatable bonds is 4. The summed E-state index contributed by atoms with van der Waals surface area (Å²) < 4.78 is 7.45. The van der Waals surface area contributed by atoms with Gasteiger partial charge in [0, 0.05) is 25.0 Å². The third-order valence-electron chi connectivity index (χ3n) is 5.33. The molecule has 0 aromatic carbocycles. The lowest BCUT2D eigenvalue weighted by Gasteiger charge is -2.27. The maximum absolute atomic E-state index is 6.32. The largest absolute Gasteiger partial charge is 0.383 e. The van der Waals surface area contributed by atoms with Crippen LogP contribution in [0.5, 0.6) is 0 Å². The fourth-order valence-electron chi connectivity index (χ4n) is 3.90. The second kappa shape index (κ2) is 7.49. The van der Waals surface area contributed by atoms with Crippen LogP contribution in [0.4, 0.5) is 11.8 Å². The molecule has 3 aromatic heterocycles. The average Bonchev–Trinajstić information content (AvgIpc) is 3.27. The van der Waals surface area contributed by atoms with E-state index in [-0.39, 0.29) is 0 Å². The van der Waals surface area contributed by atoms with E-state index < -0.39 is 0 Å². The summed E-state index contributed by atoms with van der Waals surface area (Å²) in [6.45, 7) is 3.15. The van der Waals surface area contributed by atoms with Crippen molar-refractivity contribution in [2.75, 3.05) is 36.9 Å². The third kappa shape index (κ3) is 3.23. The Labute approximate surface area is 171 Å². The number of nitrogens with zero attached hydrogens (tertiary/aromatic N) is 6. The number of hydrogen-bond acceptors (Lipinski definition) is 9. The minimum absolute atomic E-state index is 0.618. The number of aromatic nitrogens is 5. The summed E-state index contributed by atoms with van der Waals surface area (Å²) in [7, 11) is 2.00. The molecule has 4 heterocycles. The zero-order valence-electron chi connectivity index (χ0n) is 15.8. The van der Waals surface area contributed by atoms with E-state index in [0.717, 1.165) is 66.3 Å². The molecule has 10 heteroatoms. The first-order valence-electron chi connectivity index (χ1n) is 9.62. The van der Waals surface area contributed by atoms with Crippen LogP contribution in [-0.2, 0) is 30.4 Å². The van der Waals surface area contributed by atoms with Crippen molar-refractivity contribution in [3.8, 4) is 0 Å². The Morgan fingerprint density at radius 1 is 1.14 bits per heavy atom. The molecule has 0 saturated carbocycles. The minimum Gasteiger partial charge on any atom is -0.383 e. The van der Waals surface area contributed by atoms with E-state index in [9.17, 15) is 0 Å². The highest BCUT2D eigenvalue weighted by Crippen LogP contribution is 2.38. The highest BCUT2D eigenvalue weighted by atomic mass is 32.2. The first-order chi connectivity index (χ1) is 13.7. The summed E-state index contributed by atoms with van der Waals surface area (Å²) in [5, 5.41) is 10.7. The lowest BCUT2D eigenvalue weighted by Crippen LogP contribution is -2.37. The van der Waals surface area contributed by atoms with Gasteiger partial charge in [0.2, 0.25) is 5.95 Å². The van der Waals surface area contributed by atoms with Crippen LogP contribution in [0.1, 0.15) is 29.1 Å². The molecular formula is C18H23N7OS2. The molecule has 1 aliphatic heterocycles. The van der Waals surface area contributed by atoms with Crippen molar-refractivity contribution in [2.24, 2.45) is 7.05 Å². The van der Waals surface area contributed by atoms with E-state index in [0.29, 0.717) is 11.6 Å². The molecule has 1 aliphatic carbocycles. The summed E-state index contributed by atoms with van der Waals surface area (Å²) in [4.78, 5) is 14.1. The van der Waals surface area contributed by atoms with Crippen LogP contribution in [-0.4, -0.2) is 51.0 Å². The molecule has 148 valence electrons. The number of ether oxygens (including phenoxy) is 1. The Kier molecular flexibility index (Phi) is 4.85. The quantitative estimate of drug-likeness (QED) is 0.647. The molecule has 5 rings (SSSR count). The van der Waals surface area contributed by atoms with Crippen LogP contribution in [0, 0.1) is 0 Å². The fraction of sp³-hybridized carbons (Fsp3) is 0.556. The molecule has 0 atom stereocenters. The Balaban J connectivity index is 1.35. The molecule has 8 nitrogen and oxygen atoms in total. The number of thioether (sulfide) groups is 1. The van der Waals surface area contributed by atoms with Crippen molar-refractivity contribution >= 4 is 45.1 Å². The number of hydrogen-bond donors (Lipinski definition) is 1. The molecule has 28 heavy (non-hydrogen) atoms. The van der Waals surface area contributed by atoms with Crippen molar-refractivity contribution in [2.45, 2.75) is 36.6 Å². The summed E-state index contributed by atoms with van der Waals surface area (Å²) >= 11 is 3.38. The standard InChI is InChI=1S/C18H23N7OS2/c1-24-17(25-6-8-26-9-7-25)22-23-18(24)27-10-13-20-15(19)14-11-4-2-3-5-12(11)28-16(14)21-13/h2-10H2,1H3,(H2,19,20,21). The van der Waals surface area contributed by atoms with Gasteiger partial charge in [0.1, 0.15) is 16.5 Å². The smallest absolute Gasteiger partial charge is 0.227 e. The fourth-order valence-corrected chi connectivity index (χ4v) is 5.95. The number of nitrogen functional groups attached to an aromatic ring is 1. The predicted molar refractivity (Wildman–Crippen MR) is 112 cm³/mol. The maximum atomic E-state index is 6.32. The summed E-state index contributed by atoms with van der Waals surface area (Å²) in [6, 6.07) is 0. The molecule has 0 amide bonds. The average molecular weight is 418 g/mol. The molecule has 0 bridgehead atoms. The highest BCUT2D eigenvalue weighted by molar-refractivity contribution is 7.98. The molecule has 0 spiro atoms. The van der Waals surface area contributed by atoms with Gasteiger partial charge in [-0.05, 0) is 31.2 Å². The topological polar surface area (TPSA) is 95.0 Å². The number of morpholine rings is 1. The van der Waals surface area contributed by atoms with E-state index >= 15 is 0 Å². The van der Waals surface area contributed by atoms with E-state index in [1.54, 1.807) is 23.1 Å².